The van der Waals surface area contributed by atoms with Gasteiger partial charge >= 0.3 is 0 Å². The van der Waals surface area contributed by atoms with Crippen LogP contribution in [-0.2, 0) is 11.2 Å². The summed E-state index contributed by atoms with van der Waals surface area (Å²) in [4.78, 5) is 7.29. The number of aromatic nitrogens is 2. The molecule has 0 unspecified atom stereocenters. The summed E-state index contributed by atoms with van der Waals surface area (Å²) in [6.45, 7) is 7.08. The maximum atomic E-state index is 5.41. The van der Waals surface area contributed by atoms with Crippen molar-refractivity contribution >= 4 is 22.4 Å². The molecule has 0 radical (unpaired) electrons. The summed E-state index contributed by atoms with van der Waals surface area (Å²) < 4.78 is 9.59. The molecule has 1 aliphatic rings. The van der Waals surface area contributed by atoms with Gasteiger partial charge in [0.25, 0.3) is 0 Å². The third kappa shape index (κ3) is 3.34. The molecule has 1 aromatic carbocycles. The van der Waals surface area contributed by atoms with Crippen LogP contribution in [0.25, 0.3) is 22.2 Å². The Bertz CT molecular complexity index is 826. The number of benzene rings is 1. The van der Waals surface area contributed by atoms with E-state index in [1.807, 2.05) is 11.6 Å². The first-order chi connectivity index (χ1) is 11.8. The quantitative estimate of drug-likeness (QED) is 0.729. The zero-order chi connectivity index (χ0) is 16.4. The Morgan fingerprint density at radius 1 is 1.21 bits per heavy atom. The van der Waals surface area contributed by atoms with Crippen LogP contribution in [0.15, 0.2) is 35.8 Å². The first-order valence-electron chi connectivity index (χ1n) is 8.40. The molecule has 24 heavy (non-hydrogen) atoms. The van der Waals surface area contributed by atoms with Crippen molar-refractivity contribution in [1.82, 2.24) is 14.3 Å². The number of hydrogen-bond donors (Lipinski definition) is 0. The van der Waals surface area contributed by atoms with Crippen molar-refractivity contribution in [1.29, 1.82) is 0 Å². The molecule has 124 valence electrons. The third-order valence-electron chi connectivity index (χ3n) is 4.63. The highest BCUT2D eigenvalue weighted by Gasteiger charge is 2.11. The lowest BCUT2D eigenvalue weighted by atomic mass is 10.0. The molecular formula is C19H21N3OS. The fraction of sp³-hybridized carbons (Fsp3) is 0.368. The van der Waals surface area contributed by atoms with Crippen LogP contribution >= 0.6 is 11.5 Å². The van der Waals surface area contributed by atoms with E-state index in [0.717, 1.165) is 56.0 Å². The van der Waals surface area contributed by atoms with Gasteiger partial charge in [0.05, 0.1) is 30.6 Å². The molecule has 0 spiro atoms. The number of hydrogen-bond acceptors (Lipinski definition) is 5. The van der Waals surface area contributed by atoms with Gasteiger partial charge in [-0.15, -0.1) is 0 Å². The third-order valence-corrected chi connectivity index (χ3v) is 5.21. The minimum atomic E-state index is 0.862. The summed E-state index contributed by atoms with van der Waals surface area (Å²) in [7, 11) is 0. The second-order valence-corrected chi connectivity index (χ2v) is 6.95. The average Bonchev–Trinajstić information content (AvgIpc) is 3.16. The number of rotatable bonds is 4. The largest absolute Gasteiger partial charge is 0.379 e. The van der Waals surface area contributed by atoms with E-state index in [4.69, 9.17) is 9.72 Å². The predicted molar refractivity (Wildman–Crippen MR) is 98.6 cm³/mol. The van der Waals surface area contributed by atoms with E-state index in [0.29, 0.717) is 0 Å². The number of aryl methyl sites for hydroxylation is 1. The van der Waals surface area contributed by atoms with Crippen molar-refractivity contribution in [2.24, 2.45) is 0 Å². The van der Waals surface area contributed by atoms with Crippen LogP contribution in [0.4, 0.5) is 0 Å². The molecule has 5 heteroatoms. The fourth-order valence-electron chi connectivity index (χ4n) is 3.19. The molecule has 4 nitrogen and oxygen atoms in total. The number of morpholine rings is 1. The second kappa shape index (κ2) is 6.97. The average molecular weight is 339 g/mol. The summed E-state index contributed by atoms with van der Waals surface area (Å²) in [6.07, 6.45) is 2.96. The highest BCUT2D eigenvalue weighted by molar-refractivity contribution is 7.03. The Balaban J connectivity index is 1.56. The van der Waals surface area contributed by atoms with Gasteiger partial charge < -0.3 is 4.74 Å². The summed E-state index contributed by atoms with van der Waals surface area (Å²) in [5, 5.41) is 3.30. The van der Waals surface area contributed by atoms with E-state index in [1.54, 1.807) is 0 Å². The van der Waals surface area contributed by atoms with E-state index in [2.05, 4.69) is 40.5 Å². The molecule has 1 fully saturated rings. The standard InChI is InChI=1S/C19H21N3OS/c1-14-10-19(16-12-20-24-13-16)21-18-3-2-15(11-17(14)18)4-5-22-6-8-23-9-7-22/h2-3,10-13H,4-9H2,1H3. The Hall–Kier alpha value is -1.82. The van der Waals surface area contributed by atoms with Crippen LogP contribution in [-0.4, -0.2) is 47.1 Å². The Kier molecular flexibility index (Phi) is 4.56. The molecule has 0 atom stereocenters. The maximum Gasteiger partial charge on any atom is 0.0736 e. The normalized spacial score (nSPS) is 15.9. The van der Waals surface area contributed by atoms with Crippen LogP contribution in [0.3, 0.4) is 0 Å². The molecule has 0 bridgehead atoms. The zero-order valence-corrected chi connectivity index (χ0v) is 14.7. The van der Waals surface area contributed by atoms with E-state index in [9.17, 15) is 0 Å². The highest BCUT2D eigenvalue weighted by atomic mass is 32.1. The molecule has 1 saturated heterocycles. The highest BCUT2D eigenvalue weighted by Crippen LogP contribution is 2.26. The van der Waals surface area contributed by atoms with Crippen molar-refractivity contribution in [2.75, 3.05) is 32.8 Å². The summed E-state index contributed by atoms with van der Waals surface area (Å²) in [5.74, 6) is 0. The van der Waals surface area contributed by atoms with Crippen LogP contribution in [0.2, 0.25) is 0 Å². The van der Waals surface area contributed by atoms with E-state index in [-0.39, 0.29) is 0 Å². The lowest BCUT2D eigenvalue weighted by Gasteiger charge is -2.26. The van der Waals surface area contributed by atoms with Gasteiger partial charge in [-0.25, -0.2) is 9.36 Å². The minimum absolute atomic E-state index is 0.862. The fourth-order valence-corrected chi connectivity index (χ4v) is 3.72. The van der Waals surface area contributed by atoms with Gasteiger partial charge in [-0.3, -0.25) is 4.90 Å². The van der Waals surface area contributed by atoms with Crippen molar-refractivity contribution < 1.29 is 4.74 Å². The van der Waals surface area contributed by atoms with Crippen LogP contribution < -0.4 is 0 Å². The van der Waals surface area contributed by atoms with Crippen molar-refractivity contribution in [2.45, 2.75) is 13.3 Å². The van der Waals surface area contributed by atoms with Gasteiger partial charge in [-0.2, -0.15) is 0 Å². The SMILES string of the molecule is Cc1cc(-c2cnsc2)nc2ccc(CCN3CCOCC3)cc12. The molecule has 1 aliphatic heterocycles. The van der Waals surface area contributed by atoms with Gasteiger partial charge in [0.1, 0.15) is 0 Å². The minimum Gasteiger partial charge on any atom is -0.379 e. The first-order valence-corrected chi connectivity index (χ1v) is 9.23. The van der Waals surface area contributed by atoms with Crippen LogP contribution in [0.1, 0.15) is 11.1 Å². The number of ether oxygens (including phenoxy) is 1. The Morgan fingerprint density at radius 3 is 2.88 bits per heavy atom. The van der Waals surface area contributed by atoms with Crippen molar-refractivity contribution in [3.05, 3.63) is 47.0 Å². The smallest absolute Gasteiger partial charge is 0.0736 e. The monoisotopic (exact) mass is 339 g/mol. The lowest BCUT2D eigenvalue weighted by Crippen LogP contribution is -2.37. The van der Waals surface area contributed by atoms with Gasteiger partial charge in [-0.1, -0.05) is 6.07 Å². The molecule has 2 aromatic heterocycles. The number of nitrogens with zero attached hydrogens (tertiary/aromatic N) is 3. The summed E-state index contributed by atoms with van der Waals surface area (Å²) in [5.41, 5.74) is 5.82. The molecule has 4 rings (SSSR count). The number of pyridine rings is 1. The summed E-state index contributed by atoms with van der Waals surface area (Å²) in [6, 6.07) is 8.83. The molecular weight excluding hydrogens is 318 g/mol. The molecule has 0 amide bonds. The van der Waals surface area contributed by atoms with E-state index in [1.165, 1.54) is 28.0 Å². The zero-order valence-electron chi connectivity index (χ0n) is 13.9. The molecule has 0 aliphatic carbocycles. The Morgan fingerprint density at radius 2 is 2.08 bits per heavy atom. The van der Waals surface area contributed by atoms with E-state index >= 15 is 0 Å². The molecule has 0 N–H and O–H groups in total. The predicted octanol–water partition coefficient (Wildman–Crippen LogP) is 3.54. The van der Waals surface area contributed by atoms with Crippen LogP contribution in [0.5, 0.6) is 0 Å². The van der Waals surface area contributed by atoms with Gasteiger partial charge in [0.2, 0.25) is 0 Å². The second-order valence-electron chi connectivity index (χ2n) is 6.29. The Labute approximate surface area is 146 Å². The first kappa shape index (κ1) is 15.7. The van der Waals surface area contributed by atoms with E-state index < -0.39 is 0 Å². The van der Waals surface area contributed by atoms with Gasteiger partial charge in [0.15, 0.2) is 0 Å². The van der Waals surface area contributed by atoms with Gasteiger partial charge in [-0.05, 0) is 54.2 Å². The molecule has 3 heterocycles. The summed E-state index contributed by atoms with van der Waals surface area (Å²) >= 11 is 1.46. The maximum absolute atomic E-state index is 5.41. The molecule has 0 saturated carbocycles. The van der Waals surface area contributed by atoms with Gasteiger partial charge in [0, 0.05) is 36.0 Å². The van der Waals surface area contributed by atoms with Crippen molar-refractivity contribution in [3.63, 3.8) is 0 Å². The lowest BCUT2D eigenvalue weighted by molar-refractivity contribution is 0.0384. The van der Waals surface area contributed by atoms with Crippen molar-refractivity contribution in [3.8, 4) is 11.3 Å². The topological polar surface area (TPSA) is 38.2 Å². The molecule has 3 aromatic rings. The number of fused-ring (bicyclic) bond motifs is 1. The van der Waals surface area contributed by atoms with Crippen LogP contribution in [0, 0.1) is 6.92 Å².